The van der Waals surface area contributed by atoms with E-state index in [-0.39, 0.29) is 18.6 Å². The number of aromatic amines is 1. The molecule has 40 heavy (non-hydrogen) atoms. The highest BCUT2D eigenvalue weighted by atomic mass is 16.4. The van der Waals surface area contributed by atoms with Crippen LogP contribution in [0.2, 0.25) is 0 Å². The van der Waals surface area contributed by atoms with Crippen LogP contribution >= 0.6 is 0 Å². The van der Waals surface area contributed by atoms with E-state index in [0.717, 1.165) is 10.9 Å². The summed E-state index contributed by atoms with van der Waals surface area (Å²) in [5.41, 5.74) is 7.70. The minimum absolute atomic E-state index is 0.00761. The smallest absolute Gasteiger partial charge is 0.325 e. The maximum atomic E-state index is 13.5. The maximum Gasteiger partial charge on any atom is 0.325 e. The van der Waals surface area contributed by atoms with E-state index in [1.54, 1.807) is 6.20 Å². The topological polar surface area (TPSA) is 224 Å². The summed E-state index contributed by atoms with van der Waals surface area (Å²) in [5, 5.41) is 36.0. The first-order valence-electron chi connectivity index (χ1n) is 12.4. The fourth-order valence-corrected chi connectivity index (χ4v) is 4.01. The van der Waals surface area contributed by atoms with Crippen LogP contribution in [0, 0.1) is 0 Å². The first kappa shape index (κ1) is 29.6. The molecule has 0 bridgehead atoms. The van der Waals surface area contributed by atoms with Crippen molar-refractivity contribution in [3.8, 4) is 5.75 Å². The van der Waals surface area contributed by atoms with Gasteiger partial charge in [-0.1, -0.05) is 30.3 Å². The molecular weight excluding hydrogens is 522 g/mol. The Morgan fingerprint density at radius 3 is 2.10 bits per heavy atom. The molecule has 4 atom stereocenters. The molecular formula is C27H31N5O8. The van der Waals surface area contributed by atoms with Gasteiger partial charge in [-0.15, -0.1) is 0 Å². The number of carboxylic acid groups (broad SMARTS) is 2. The zero-order valence-electron chi connectivity index (χ0n) is 21.6. The lowest BCUT2D eigenvalue weighted by Crippen LogP contribution is -2.58. The lowest BCUT2D eigenvalue weighted by Gasteiger charge is -2.25. The Morgan fingerprint density at radius 1 is 0.850 bits per heavy atom. The highest BCUT2D eigenvalue weighted by molar-refractivity contribution is 5.95. The largest absolute Gasteiger partial charge is 0.508 e. The number of H-pyrrole nitrogens is 1. The quantitative estimate of drug-likeness (QED) is 0.143. The SMILES string of the molecule is CC(NC(=O)C(Cc1c[nH]c2ccccc12)NC(=O)C(Cc1ccc(O)cc1)NC(=O)C(N)CC(=O)O)C(=O)O. The summed E-state index contributed by atoms with van der Waals surface area (Å²) in [6.07, 6.45) is 0.924. The van der Waals surface area contributed by atoms with E-state index in [1.807, 2.05) is 24.3 Å². The molecule has 0 aliphatic rings. The Labute approximate surface area is 228 Å². The molecule has 3 rings (SSSR count). The van der Waals surface area contributed by atoms with Crippen molar-refractivity contribution in [1.82, 2.24) is 20.9 Å². The summed E-state index contributed by atoms with van der Waals surface area (Å²) in [7, 11) is 0. The molecule has 13 heteroatoms. The average Bonchev–Trinajstić information content (AvgIpc) is 3.31. The average molecular weight is 554 g/mol. The predicted octanol–water partition coefficient (Wildman–Crippen LogP) is 0.0196. The number of carboxylic acids is 2. The van der Waals surface area contributed by atoms with Gasteiger partial charge in [0.1, 0.15) is 23.9 Å². The van der Waals surface area contributed by atoms with Crippen LogP contribution in [0.15, 0.2) is 54.7 Å². The van der Waals surface area contributed by atoms with Crippen LogP contribution in [0.25, 0.3) is 10.9 Å². The number of para-hydroxylation sites is 1. The summed E-state index contributed by atoms with van der Waals surface area (Å²) in [6, 6.07) is 7.95. The van der Waals surface area contributed by atoms with Crippen molar-refractivity contribution < 1.29 is 39.3 Å². The van der Waals surface area contributed by atoms with E-state index in [4.69, 9.17) is 10.8 Å². The van der Waals surface area contributed by atoms with Crippen LogP contribution < -0.4 is 21.7 Å². The van der Waals surface area contributed by atoms with Gasteiger partial charge in [-0.25, -0.2) is 0 Å². The third-order valence-electron chi connectivity index (χ3n) is 6.20. The highest BCUT2D eigenvalue weighted by Gasteiger charge is 2.30. The van der Waals surface area contributed by atoms with Crippen molar-refractivity contribution in [2.24, 2.45) is 5.73 Å². The lowest BCUT2D eigenvalue weighted by atomic mass is 10.0. The van der Waals surface area contributed by atoms with Gasteiger partial charge in [-0.2, -0.15) is 0 Å². The zero-order chi connectivity index (χ0) is 29.4. The molecule has 0 radical (unpaired) electrons. The van der Waals surface area contributed by atoms with E-state index in [9.17, 15) is 34.2 Å². The monoisotopic (exact) mass is 553 g/mol. The fourth-order valence-electron chi connectivity index (χ4n) is 4.01. The second-order valence-corrected chi connectivity index (χ2v) is 9.33. The second kappa shape index (κ2) is 13.2. The van der Waals surface area contributed by atoms with Crippen LogP contribution in [0.1, 0.15) is 24.5 Å². The Morgan fingerprint density at radius 2 is 1.45 bits per heavy atom. The molecule has 212 valence electrons. The Kier molecular flexibility index (Phi) is 9.81. The van der Waals surface area contributed by atoms with E-state index in [1.165, 1.54) is 31.2 Å². The Hall–Kier alpha value is -4.91. The van der Waals surface area contributed by atoms with Crippen LogP contribution in [0.4, 0.5) is 0 Å². The van der Waals surface area contributed by atoms with E-state index in [2.05, 4.69) is 20.9 Å². The number of nitrogens with two attached hydrogens (primary N) is 1. The second-order valence-electron chi connectivity index (χ2n) is 9.33. The zero-order valence-corrected chi connectivity index (χ0v) is 21.6. The summed E-state index contributed by atoms with van der Waals surface area (Å²) >= 11 is 0. The molecule has 3 aromatic rings. The number of benzene rings is 2. The number of phenolic OH excluding ortho intramolecular Hbond substituents is 1. The van der Waals surface area contributed by atoms with Crippen molar-refractivity contribution in [1.29, 1.82) is 0 Å². The van der Waals surface area contributed by atoms with Gasteiger partial charge in [0.25, 0.3) is 0 Å². The van der Waals surface area contributed by atoms with Crippen molar-refractivity contribution in [2.75, 3.05) is 0 Å². The number of nitrogens with one attached hydrogen (secondary N) is 4. The molecule has 0 fully saturated rings. The molecule has 0 aliphatic heterocycles. The number of carbonyl (C=O) groups excluding carboxylic acids is 3. The number of phenols is 1. The van der Waals surface area contributed by atoms with Gasteiger partial charge in [0.2, 0.25) is 17.7 Å². The number of hydrogen-bond donors (Lipinski definition) is 8. The van der Waals surface area contributed by atoms with Crippen LogP contribution in [0.3, 0.4) is 0 Å². The summed E-state index contributed by atoms with van der Waals surface area (Å²) in [6.45, 7) is 1.28. The van der Waals surface area contributed by atoms with Crippen LogP contribution in [-0.4, -0.2) is 74.1 Å². The molecule has 13 nitrogen and oxygen atoms in total. The molecule has 9 N–H and O–H groups in total. The van der Waals surface area contributed by atoms with Gasteiger partial charge in [-0.3, -0.25) is 24.0 Å². The van der Waals surface area contributed by atoms with Crippen molar-refractivity contribution in [2.45, 2.75) is 50.4 Å². The van der Waals surface area contributed by atoms with Gasteiger partial charge < -0.3 is 42.0 Å². The van der Waals surface area contributed by atoms with E-state index in [0.29, 0.717) is 11.1 Å². The molecule has 1 aromatic heterocycles. The molecule has 1 heterocycles. The normalized spacial score (nSPS) is 13.9. The minimum Gasteiger partial charge on any atom is -0.508 e. The number of rotatable bonds is 13. The molecule has 0 saturated heterocycles. The molecule has 0 aliphatic carbocycles. The number of fused-ring (bicyclic) bond motifs is 1. The number of hydrogen-bond acceptors (Lipinski definition) is 7. The maximum absolute atomic E-state index is 13.5. The number of aromatic hydroxyl groups is 1. The van der Waals surface area contributed by atoms with E-state index >= 15 is 0 Å². The molecule has 0 saturated carbocycles. The molecule has 2 aromatic carbocycles. The number of carbonyl (C=O) groups is 5. The van der Waals surface area contributed by atoms with Gasteiger partial charge >= 0.3 is 11.9 Å². The standard InChI is InChI=1S/C27H31N5O8/c1-14(27(39)40)30-25(37)22(11-16-13-29-20-5-3-2-4-18(16)20)32-26(38)21(10-15-6-8-17(33)9-7-15)31-24(36)19(28)12-23(34)35/h2-9,13-14,19,21-22,29,33H,10-12,28H2,1H3,(H,30,37)(H,31,36)(H,32,38)(H,34,35)(H,39,40). The first-order valence-corrected chi connectivity index (χ1v) is 12.4. The Balaban J connectivity index is 1.88. The summed E-state index contributed by atoms with van der Waals surface area (Å²) < 4.78 is 0. The highest BCUT2D eigenvalue weighted by Crippen LogP contribution is 2.19. The lowest BCUT2D eigenvalue weighted by molar-refractivity contribution is -0.141. The van der Waals surface area contributed by atoms with Crippen molar-refractivity contribution >= 4 is 40.6 Å². The summed E-state index contributed by atoms with van der Waals surface area (Å²) in [5.74, 6) is -5.02. The van der Waals surface area contributed by atoms with Gasteiger partial charge in [-0.05, 0) is 36.2 Å². The molecule has 0 spiro atoms. The molecule has 3 amide bonds. The van der Waals surface area contributed by atoms with Crippen molar-refractivity contribution in [3.05, 3.63) is 65.9 Å². The van der Waals surface area contributed by atoms with Crippen LogP contribution in [0.5, 0.6) is 5.75 Å². The van der Waals surface area contributed by atoms with E-state index < -0.39 is 60.2 Å². The Bertz CT molecular complexity index is 1390. The predicted molar refractivity (Wildman–Crippen MR) is 143 cm³/mol. The first-order chi connectivity index (χ1) is 18.9. The number of amides is 3. The van der Waals surface area contributed by atoms with Gasteiger partial charge in [0.15, 0.2) is 0 Å². The summed E-state index contributed by atoms with van der Waals surface area (Å²) in [4.78, 5) is 64.7. The third kappa shape index (κ3) is 8.04. The van der Waals surface area contributed by atoms with Crippen molar-refractivity contribution in [3.63, 3.8) is 0 Å². The van der Waals surface area contributed by atoms with Crippen LogP contribution in [-0.2, 0) is 36.8 Å². The minimum atomic E-state index is -1.44. The fraction of sp³-hybridized carbons (Fsp3) is 0.296. The third-order valence-corrected chi connectivity index (χ3v) is 6.20. The number of aliphatic carboxylic acids is 2. The van der Waals surface area contributed by atoms with Gasteiger partial charge in [0, 0.05) is 29.9 Å². The van der Waals surface area contributed by atoms with Gasteiger partial charge in [0.05, 0.1) is 12.5 Å². The molecule has 4 unspecified atom stereocenters. The number of aromatic nitrogens is 1.